The van der Waals surface area contributed by atoms with Gasteiger partial charge in [-0.1, -0.05) is 41.9 Å². The lowest BCUT2D eigenvalue weighted by Crippen LogP contribution is -2.39. The number of halogens is 1. The van der Waals surface area contributed by atoms with Crippen LogP contribution < -0.4 is 15.4 Å². The Kier molecular flexibility index (Phi) is 6.80. The van der Waals surface area contributed by atoms with Gasteiger partial charge in [-0.2, -0.15) is 0 Å². The van der Waals surface area contributed by atoms with Crippen LogP contribution in [0.5, 0.6) is 5.75 Å². The van der Waals surface area contributed by atoms with Gasteiger partial charge in [0.1, 0.15) is 11.8 Å². The first kappa shape index (κ1) is 18.8. The van der Waals surface area contributed by atoms with Crippen LogP contribution in [0.3, 0.4) is 0 Å². The quantitative estimate of drug-likeness (QED) is 0.672. The molecule has 2 aromatic carbocycles. The molecule has 0 heterocycles. The third-order valence-electron chi connectivity index (χ3n) is 3.52. The number of anilines is 1. The largest absolute Gasteiger partial charge is 0.495 e. The van der Waals surface area contributed by atoms with Gasteiger partial charge in [0.2, 0.25) is 5.91 Å². The molecule has 0 aliphatic rings. The first-order valence-corrected chi connectivity index (χ1v) is 8.01. The number of ether oxygens (including phenoxy) is 1. The highest BCUT2D eigenvalue weighted by Gasteiger charge is 2.21. The number of amides is 1. The maximum absolute atomic E-state index is 12.1. The molecule has 0 spiro atoms. The van der Waals surface area contributed by atoms with Gasteiger partial charge in [-0.05, 0) is 23.8 Å². The van der Waals surface area contributed by atoms with Crippen molar-refractivity contribution in [1.82, 2.24) is 5.32 Å². The van der Waals surface area contributed by atoms with Crippen LogP contribution in [0.1, 0.15) is 12.0 Å². The molecule has 1 amide bonds. The van der Waals surface area contributed by atoms with E-state index in [4.69, 9.17) is 16.3 Å². The highest BCUT2D eigenvalue weighted by Crippen LogP contribution is 2.27. The van der Waals surface area contributed by atoms with E-state index in [0.29, 0.717) is 23.0 Å². The summed E-state index contributed by atoms with van der Waals surface area (Å²) in [7, 11) is 1.50. The number of carboxylic acids is 1. The second-order valence-corrected chi connectivity index (χ2v) is 5.77. The van der Waals surface area contributed by atoms with Crippen molar-refractivity contribution in [1.29, 1.82) is 0 Å². The van der Waals surface area contributed by atoms with Gasteiger partial charge in [0.15, 0.2) is 0 Å². The van der Waals surface area contributed by atoms with Gasteiger partial charge < -0.3 is 15.2 Å². The number of carboxylic acid groups (broad SMARTS) is 1. The molecular formula is C18H19ClN2O4. The summed E-state index contributed by atoms with van der Waals surface area (Å²) in [4.78, 5) is 23.5. The van der Waals surface area contributed by atoms with Crippen LogP contribution in [-0.4, -0.2) is 30.1 Å². The van der Waals surface area contributed by atoms with Crippen molar-refractivity contribution in [2.75, 3.05) is 12.4 Å². The van der Waals surface area contributed by atoms with E-state index in [9.17, 15) is 14.7 Å². The van der Waals surface area contributed by atoms with Crippen LogP contribution in [-0.2, 0) is 16.1 Å². The van der Waals surface area contributed by atoms with Crippen LogP contribution in [0.25, 0.3) is 0 Å². The molecule has 2 rings (SSSR count). The van der Waals surface area contributed by atoms with E-state index < -0.39 is 17.9 Å². The van der Waals surface area contributed by atoms with Crippen LogP contribution in [0.2, 0.25) is 5.02 Å². The molecular weight excluding hydrogens is 344 g/mol. The van der Waals surface area contributed by atoms with Gasteiger partial charge in [0.25, 0.3) is 0 Å². The molecule has 0 saturated heterocycles. The van der Waals surface area contributed by atoms with E-state index in [0.717, 1.165) is 5.56 Å². The second-order valence-electron chi connectivity index (χ2n) is 5.36. The maximum Gasteiger partial charge on any atom is 0.321 e. The first-order valence-electron chi connectivity index (χ1n) is 7.63. The van der Waals surface area contributed by atoms with Crippen molar-refractivity contribution < 1.29 is 19.4 Å². The van der Waals surface area contributed by atoms with Gasteiger partial charge in [0.05, 0.1) is 18.6 Å². The lowest BCUT2D eigenvalue weighted by atomic mass is 10.1. The fourth-order valence-electron chi connectivity index (χ4n) is 2.23. The van der Waals surface area contributed by atoms with Gasteiger partial charge in [-0.15, -0.1) is 0 Å². The Morgan fingerprint density at radius 3 is 2.52 bits per heavy atom. The molecule has 1 unspecified atom stereocenters. The number of carbonyl (C=O) groups excluding carboxylic acids is 1. The average molecular weight is 363 g/mol. The summed E-state index contributed by atoms with van der Waals surface area (Å²) in [5.74, 6) is -1.01. The molecule has 0 aliphatic carbocycles. The smallest absolute Gasteiger partial charge is 0.321 e. The number of hydrogen-bond acceptors (Lipinski definition) is 4. The number of nitrogens with one attached hydrogen (secondary N) is 2. The zero-order valence-corrected chi connectivity index (χ0v) is 14.4. The average Bonchev–Trinajstić information content (AvgIpc) is 2.59. The normalized spacial score (nSPS) is 11.6. The Labute approximate surface area is 150 Å². The number of rotatable bonds is 8. The number of hydrogen-bond donors (Lipinski definition) is 3. The fraction of sp³-hybridized carbons (Fsp3) is 0.222. The van der Waals surface area contributed by atoms with E-state index in [2.05, 4.69) is 10.6 Å². The Morgan fingerprint density at radius 2 is 1.92 bits per heavy atom. The summed E-state index contributed by atoms with van der Waals surface area (Å²) in [5.41, 5.74) is 1.42. The zero-order valence-electron chi connectivity index (χ0n) is 13.7. The zero-order chi connectivity index (χ0) is 18.2. The topological polar surface area (TPSA) is 87.7 Å². The molecule has 0 aromatic heterocycles. The first-order chi connectivity index (χ1) is 12.0. The minimum absolute atomic E-state index is 0.203. The Morgan fingerprint density at radius 1 is 1.20 bits per heavy atom. The Bertz CT molecular complexity index is 737. The van der Waals surface area contributed by atoms with E-state index in [-0.39, 0.29) is 6.42 Å². The molecule has 0 bridgehead atoms. The predicted molar refractivity (Wildman–Crippen MR) is 96.0 cm³/mol. The van der Waals surface area contributed by atoms with Crippen LogP contribution in [0.15, 0.2) is 48.5 Å². The molecule has 0 saturated carbocycles. The Hall–Kier alpha value is -2.57. The summed E-state index contributed by atoms with van der Waals surface area (Å²) in [6.45, 7) is 0.361. The van der Waals surface area contributed by atoms with Crippen molar-refractivity contribution in [3.05, 3.63) is 59.1 Å². The molecule has 132 valence electrons. The molecule has 0 aliphatic heterocycles. The van der Waals surface area contributed by atoms with Crippen LogP contribution in [0.4, 0.5) is 5.69 Å². The number of benzene rings is 2. The number of carbonyl (C=O) groups is 2. The predicted octanol–water partition coefficient (Wildman–Crippen LogP) is 2.92. The summed E-state index contributed by atoms with van der Waals surface area (Å²) >= 11 is 6.00. The molecule has 6 nitrogen and oxygen atoms in total. The number of aliphatic carboxylic acids is 1. The van der Waals surface area contributed by atoms with Gasteiger partial charge in [-0.25, -0.2) is 0 Å². The fourth-order valence-corrected chi connectivity index (χ4v) is 2.48. The third kappa shape index (κ3) is 5.77. The third-order valence-corrected chi connectivity index (χ3v) is 3.81. The van der Waals surface area contributed by atoms with Crippen molar-refractivity contribution in [2.24, 2.45) is 0 Å². The highest BCUT2D eigenvalue weighted by atomic mass is 35.5. The second kappa shape index (κ2) is 9.05. The number of methoxy groups -OCH3 is 1. The van der Waals surface area contributed by atoms with E-state index in [1.165, 1.54) is 7.11 Å². The maximum atomic E-state index is 12.1. The lowest BCUT2D eigenvalue weighted by Gasteiger charge is -2.15. The van der Waals surface area contributed by atoms with E-state index in [1.54, 1.807) is 18.2 Å². The minimum atomic E-state index is -1.08. The summed E-state index contributed by atoms with van der Waals surface area (Å²) < 4.78 is 5.04. The molecule has 7 heteroatoms. The molecule has 0 radical (unpaired) electrons. The summed E-state index contributed by atoms with van der Waals surface area (Å²) in [6.07, 6.45) is -0.203. The molecule has 2 aromatic rings. The van der Waals surface area contributed by atoms with Crippen LogP contribution >= 0.6 is 11.6 Å². The van der Waals surface area contributed by atoms with Crippen molar-refractivity contribution >= 4 is 29.2 Å². The summed E-state index contributed by atoms with van der Waals surface area (Å²) in [6, 6.07) is 13.2. The monoisotopic (exact) mass is 362 g/mol. The van der Waals surface area contributed by atoms with Gasteiger partial charge in [-0.3, -0.25) is 14.9 Å². The molecule has 3 N–H and O–H groups in total. The molecule has 25 heavy (non-hydrogen) atoms. The highest BCUT2D eigenvalue weighted by molar-refractivity contribution is 6.32. The van der Waals surface area contributed by atoms with Gasteiger partial charge >= 0.3 is 5.97 Å². The molecule has 0 fully saturated rings. The van der Waals surface area contributed by atoms with Crippen molar-refractivity contribution in [3.63, 3.8) is 0 Å². The Balaban J connectivity index is 1.93. The summed E-state index contributed by atoms with van der Waals surface area (Å²) in [5, 5.41) is 15.2. The standard InChI is InChI=1S/C18H19ClN2O4/c1-25-16-8-7-13(9-14(16)19)21-17(22)10-15(18(23)24)20-11-12-5-3-2-4-6-12/h2-9,15,20H,10-11H2,1H3,(H,21,22)(H,23,24). The SMILES string of the molecule is COc1ccc(NC(=O)CC(NCc2ccccc2)C(=O)O)cc1Cl. The van der Waals surface area contributed by atoms with E-state index in [1.807, 2.05) is 30.3 Å². The lowest BCUT2D eigenvalue weighted by molar-refractivity contribution is -0.141. The van der Waals surface area contributed by atoms with Crippen LogP contribution in [0, 0.1) is 0 Å². The van der Waals surface area contributed by atoms with Crippen molar-refractivity contribution in [2.45, 2.75) is 19.0 Å². The van der Waals surface area contributed by atoms with E-state index >= 15 is 0 Å². The van der Waals surface area contributed by atoms with Crippen molar-refractivity contribution in [3.8, 4) is 5.75 Å². The van der Waals surface area contributed by atoms with Gasteiger partial charge in [0, 0.05) is 12.2 Å². The minimum Gasteiger partial charge on any atom is -0.495 e. The molecule has 1 atom stereocenters.